The number of esters is 1. The number of carbonyl (C=O) groups is 2. The summed E-state index contributed by atoms with van der Waals surface area (Å²) in [5.74, 6) is -3.19. The molecule has 11 nitrogen and oxygen atoms in total. The van der Waals surface area contributed by atoms with Crippen LogP contribution in [0.3, 0.4) is 0 Å². The predicted octanol–water partition coefficient (Wildman–Crippen LogP) is -0.697. The molecule has 1 aliphatic carbocycles. The summed E-state index contributed by atoms with van der Waals surface area (Å²) in [6.45, 7) is 4.92. The van der Waals surface area contributed by atoms with Crippen LogP contribution in [-0.4, -0.2) is 86.9 Å². The number of carboxylic acid groups (broad SMARTS) is 1. The van der Waals surface area contributed by atoms with E-state index < -0.39 is 66.2 Å². The number of aromatic amines is 1. The van der Waals surface area contributed by atoms with Crippen molar-refractivity contribution in [3.8, 4) is 0 Å². The van der Waals surface area contributed by atoms with E-state index in [2.05, 4.69) is 11.6 Å². The summed E-state index contributed by atoms with van der Waals surface area (Å²) in [4.78, 5) is 26.9. The lowest BCUT2D eigenvalue weighted by Crippen LogP contribution is -2.74. The number of hydrogen-bond acceptors (Lipinski definition) is 9. The zero-order valence-electron chi connectivity index (χ0n) is 20.7. The zero-order chi connectivity index (χ0) is 27.0. The number of fused-ring (bicyclic) bond motifs is 1. The topological polar surface area (TPSA) is 168 Å². The van der Waals surface area contributed by atoms with Gasteiger partial charge in [-0.1, -0.05) is 19.1 Å². The summed E-state index contributed by atoms with van der Waals surface area (Å²) in [7, 11) is 1.22. The first-order valence-electron chi connectivity index (χ1n) is 12.1. The van der Waals surface area contributed by atoms with Crippen LogP contribution in [0.2, 0.25) is 0 Å². The highest BCUT2D eigenvalue weighted by molar-refractivity contribution is 5.90. The average Bonchev–Trinajstić information content (AvgIpc) is 3.36. The largest absolute Gasteiger partial charge is 0.483 e. The van der Waals surface area contributed by atoms with Gasteiger partial charge in [-0.15, -0.1) is 6.58 Å². The van der Waals surface area contributed by atoms with Crippen LogP contribution in [-0.2, 0) is 28.5 Å². The fourth-order valence-electron chi connectivity index (χ4n) is 5.56. The first-order valence-corrected chi connectivity index (χ1v) is 12.1. The van der Waals surface area contributed by atoms with Crippen LogP contribution >= 0.6 is 0 Å². The fourth-order valence-corrected chi connectivity index (χ4v) is 5.56. The van der Waals surface area contributed by atoms with Gasteiger partial charge in [0.2, 0.25) is 0 Å². The Balaban J connectivity index is 1.68. The average molecular weight is 520 g/mol. The molecule has 1 aromatic heterocycles. The number of aliphatic carboxylic acids is 1. The Morgan fingerprint density at radius 3 is 2.76 bits per heavy atom. The lowest BCUT2D eigenvalue weighted by atomic mass is 9.73. The summed E-state index contributed by atoms with van der Waals surface area (Å²) >= 11 is 0. The number of aliphatic hydroxyl groups excluding tert-OH is 2. The molecule has 3 aliphatic rings. The molecule has 0 aromatic carbocycles. The fraction of sp³-hybridized carbons (Fsp3) is 0.538. The molecule has 202 valence electrons. The van der Waals surface area contributed by atoms with Crippen molar-refractivity contribution in [2.45, 2.75) is 62.0 Å². The maximum atomic E-state index is 12.3. The number of H-pyrrole nitrogens is 1. The molecule has 0 radical (unpaired) electrons. The minimum absolute atomic E-state index is 0.00318. The third-order valence-corrected chi connectivity index (χ3v) is 7.66. The summed E-state index contributed by atoms with van der Waals surface area (Å²) in [6, 6.07) is 1.77. The smallest absolute Gasteiger partial charge is 0.333 e. The first-order chi connectivity index (χ1) is 17.6. The molecule has 0 amide bonds. The zero-order valence-corrected chi connectivity index (χ0v) is 20.7. The number of ether oxygens (including phenoxy) is 4. The van der Waals surface area contributed by atoms with Crippen molar-refractivity contribution in [3.63, 3.8) is 0 Å². The van der Waals surface area contributed by atoms with E-state index >= 15 is 0 Å². The second-order valence-electron chi connectivity index (χ2n) is 9.55. The van der Waals surface area contributed by atoms with Gasteiger partial charge in [0.05, 0.1) is 31.6 Å². The lowest BCUT2D eigenvalue weighted by molar-refractivity contribution is -0.364. The predicted molar refractivity (Wildman–Crippen MR) is 129 cm³/mol. The Labute approximate surface area is 213 Å². The van der Waals surface area contributed by atoms with Crippen LogP contribution in [0.25, 0.3) is 12.3 Å². The Hall–Kier alpha value is -2.96. The van der Waals surface area contributed by atoms with Gasteiger partial charge in [0.25, 0.3) is 0 Å². The molecule has 5 N–H and O–H groups in total. The number of aromatic nitrogens is 1. The van der Waals surface area contributed by atoms with E-state index in [1.54, 1.807) is 31.3 Å². The molecule has 8 atom stereocenters. The molecule has 11 heteroatoms. The SMILES string of the molecule is C=CC1C(OC2OC(CO)C3(C=c4cc[nH]c4=CO3)C(O)C2(O)CC)CC=C(C(=O)OC)C1CC(=O)O. The number of hydrogen-bond donors (Lipinski definition) is 5. The van der Waals surface area contributed by atoms with Crippen LogP contribution < -0.4 is 10.6 Å². The van der Waals surface area contributed by atoms with E-state index in [0.29, 0.717) is 10.6 Å². The van der Waals surface area contributed by atoms with Gasteiger partial charge in [0.15, 0.2) is 11.9 Å². The number of rotatable bonds is 8. The second-order valence-corrected chi connectivity index (χ2v) is 9.55. The molecule has 2 aliphatic heterocycles. The van der Waals surface area contributed by atoms with E-state index in [1.807, 2.05) is 0 Å². The highest BCUT2D eigenvalue weighted by atomic mass is 16.7. The highest BCUT2D eigenvalue weighted by Gasteiger charge is 2.64. The summed E-state index contributed by atoms with van der Waals surface area (Å²) in [6.07, 6.45) is 2.74. The summed E-state index contributed by atoms with van der Waals surface area (Å²) in [5.41, 5.74) is -3.35. The molecule has 0 saturated carbocycles. The monoisotopic (exact) mass is 519 g/mol. The number of aliphatic hydroxyl groups is 3. The van der Waals surface area contributed by atoms with Crippen LogP contribution in [0, 0.1) is 11.8 Å². The Morgan fingerprint density at radius 1 is 1.38 bits per heavy atom. The van der Waals surface area contributed by atoms with Crippen molar-refractivity contribution < 1.29 is 49.0 Å². The molecule has 1 aromatic rings. The minimum Gasteiger partial charge on any atom is -0.483 e. The van der Waals surface area contributed by atoms with E-state index in [0.717, 1.165) is 0 Å². The van der Waals surface area contributed by atoms with Crippen LogP contribution in [0.15, 0.2) is 36.6 Å². The summed E-state index contributed by atoms with van der Waals surface area (Å²) < 4.78 is 23.0. The number of carbonyl (C=O) groups excluding carboxylic acids is 1. The van der Waals surface area contributed by atoms with Crippen molar-refractivity contribution in [2.75, 3.05) is 13.7 Å². The van der Waals surface area contributed by atoms with E-state index in [-0.39, 0.29) is 24.8 Å². The van der Waals surface area contributed by atoms with E-state index in [4.69, 9.17) is 18.9 Å². The Morgan fingerprint density at radius 2 is 2.14 bits per heavy atom. The van der Waals surface area contributed by atoms with Gasteiger partial charge in [-0.25, -0.2) is 4.79 Å². The molecule has 4 rings (SSSR count). The molecule has 1 spiro atoms. The van der Waals surface area contributed by atoms with Gasteiger partial charge in [0, 0.05) is 28.8 Å². The number of methoxy groups -OCH3 is 1. The maximum absolute atomic E-state index is 12.3. The number of nitrogens with one attached hydrogen (secondary N) is 1. The van der Waals surface area contributed by atoms with Crippen molar-refractivity contribution in [1.82, 2.24) is 4.98 Å². The lowest BCUT2D eigenvalue weighted by Gasteiger charge is -2.55. The van der Waals surface area contributed by atoms with Gasteiger partial charge in [-0.3, -0.25) is 4.79 Å². The highest BCUT2D eigenvalue weighted by Crippen LogP contribution is 2.45. The normalized spacial score (nSPS) is 36.8. The molecule has 8 unspecified atom stereocenters. The van der Waals surface area contributed by atoms with Gasteiger partial charge in [-0.05, 0) is 25.0 Å². The Kier molecular flexibility index (Phi) is 7.63. The minimum atomic E-state index is -1.97. The van der Waals surface area contributed by atoms with Crippen LogP contribution in [0.1, 0.15) is 26.2 Å². The van der Waals surface area contributed by atoms with Gasteiger partial charge in [0.1, 0.15) is 24.1 Å². The molecular formula is C26H33NO10. The molecule has 3 heterocycles. The molecular weight excluding hydrogens is 486 g/mol. The van der Waals surface area contributed by atoms with Crippen LogP contribution in [0.4, 0.5) is 0 Å². The van der Waals surface area contributed by atoms with Crippen LogP contribution in [0.5, 0.6) is 0 Å². The molecule has 1 saturated heterocycles. The maximum Gasteiger partial charge on any atom is 0.333 e. The quantitative estimate of drug-likeness (QED) is 0.219. The van der Waals surface area contributed by atoms with E-state index in [1.165, 1.54) is 19.4 Å². The van der Waals surface area contributed by atoms with Crippen molar-refractivity contribution >= 4 is 24.3 Å². The molecule has 1 fully saturated rings. The second kappa shape index (κ2) is 10.4. The van der Waals surface area contributed by atoms with Gasteiger partial charge < -0.3 is 44.4 Å². The van der Waals surface area contributed by atoms with Crippen molar-refractivity contribution in [1.29, 1.82) is 0 Å². The third-order valence-electron chi connectivity index (χ3n) is 7.66. The molecule has 37 heavy (non-hydrogen) atoms. The standard InChI is InChI=1S/C26H33NO10/c1-4-15-17(10-21(29)30)16(22(31)34-3)6-7-19(15)36-24-25(33,5-2)23(32)26(20(12-28)37-24)11-14-8-9-27-18(14)13-35-26/h4,6,8-9,11,13,15,17,19-20,23-24,27-28,32-33H,1,5,7,10,12H2,2-3H3,(H,29,30). The Bertz CT molecular complexity index is 1190. The first kappa shape index (κ1) is 27.1. The molecule has 0 bridgehead atoms. The number of carboxylic acids is 1. The van der Waals surface area contributed by atoms with Gasteiger partial charge in [-0.2, -0.15) is 0 Å². The van der Waals surface area contributed by atoms with E-state index in [9.17, 15) is 30.0 Å². The third kappa shape index (κ3) is 4.51. The van der Waals surface area contributed by atoms with Crippen molar-refractivity contribution in [2.24, 2.45) is 11.8 Å². The van der Waals surface area contributed by atoms with Gasteiger partial charge >= 0.3 is 11.9 Å². The summed E-state index contributed by atoms with van der Waals surface area (Å²) in [5, 5.41) is 44.3. The van der Waals surface area contributed by atoms with Crippen molar-refractivity contribution in [3.05, 3.63) is 47.1 Å².